The van der Waals surface area contributed by atoms with Gasteiger partial charge in [0.05, 0.1) is 6.42 Å². The zero-order valence-corrected chi connectivity index (χ0v) is 8.08. The van der Waals surface area contributed by atoms with Gasteiger partial charge in [-0.15, -0.1) is 0 Å². The molecule has 0 N–H and O–H groups in total. The molecule has 6 nitrogen and oxygen atoms in total. The quantitative estimate of drug-likeness (QED) is 0.195. The number of rotatable bonds is 2. The molecule has 2 atom stereocenters. The summed E-state index contributed by atoms with van der Waals surface area (Å²) in [5.41, 5.74) is -1.46. The summed E-state index contributed by atoms with van der Waals surface area (Å²) in [5.74, 6) is -1.89. The van der Waals surface area contributed by atoms with E-state index >= 15 is 0 Å². The monoisotopic (exact) mass is 200 g/mol. The number of ether oxygens (including phenoxy) is 1. The fraction of sp³-hybridized carbons (Fsp3) is 0.600. The molecule has 1 aliphatic rings. The molecule has 8 heteroatoms. The largest absolute Gasteiger partial charge is 1.00 e. The fourth-order valence-corrected chi connectivity index (χ4v) is 1.77. The van der Waals surface area contributed by atoms with E-state index in [9.17, 15) is 19.0 Å². The van der Waals surface area contributed by atoms with Gasteiger partial charge >= 0.3 is 30.8 Å². The first-order valence-electron chi connectivity index (χ1n) is 3.08. The van der Waals surface area contributed by atoms with Crippen molar-refractivity contribution in [3.8, 4) is 0 Å². The predicted molar refractivity (Wildman–Crippen MR) is 34.1 cm³/mol. The van der Waals surface area contributed by atoms with Gasteiger partial charge in [0.1, 0.15) is 13.3 Å². The summed E-state index contributed by atoms with van der Waals surface area (Å²) < 4.78 is 19.0. The zero-order chi connectivity index (χ0) is 9.35. The number of carbonyl (C=O) groups excluding carboxylic acids is 2. The summed E-state index contributed by atoms with van der Waals surface area (Å²) in [6.45, 7) is 0. The van der Waals surface area contributed by atoms with Crippen LogP contribution >= 0.6 is 7.60 Å². The Morgan fingerprint density at radius 2 is 2.15 bits per heavy atom. The molecule has 0 radical (unpaired) electrons. The molecule has 0 bridgehead atoms. The Kier molecular flexibility index (Phi) is 4.37. The molecule has 0 aromatic rings. The molecule has 1 heterocycles. The molecule has 0 spiro atoms. The minimum Gasteiger partial charge on any atom is -0.778 e. The van der Waals surface area contributed by atoms with Gasteiger partial charge < -0.3 is 18.7 Å². The summed E-state index contributed by atoms with van der Waals surface area (Å²) in [7, 11) is -3.33. The number of esters is 2. The summed E-state index contributed by atoms with van der Waals surface area (Å²) in [5, 5.41) is 0. The molecule has 0 aromatic carbocycles. The first kappa shape index (κ1) is 12.9. The third-order valence-electron chi connectivity index (χ3n) is 1.48. The molecule has 1 saturated heterocycles. The van der Waals surface area contributed by atoms with Gasteiger partial charge in [0.25, 0.3) is 0 Å². The van der Waals surface area contributed by atoms with Crippen molar-refractivity contribution in [2.24, 2.45) is 0 Å². The summed E-state index contributed by atoms with van der Waals surface area (Å²) >= 11 is 0. The van der Waals surface area contributed by atoms with Gasteiger partial charge in [-0.2, -0.15) is 0 Å². The molecule has 13 heavy (non-hydrogen) atoms. The Morgan fingerprint density at radius 1 is 1.62 bits per heavy atom. The van der Waals surface area contributed by atoms with Gasteiger partial charge in [0, 0.05) is 7.11 Å². The number of carbonyl (C=O) groups is 2. The molecule has 1 fully saturated rings. The molecular weight excluding hydrogens is 194 g/mol. The smallest absolute Gasteiger partial charge is 0.778 e. The van der Waals surface area contributed by atoms with Crippen LogP contribution < -0.4 is 23.8 Å². The van der Waals surface area contributed by atoms with Crippen LogP contribution in [0, 0.1) is 0 Å². The minimum atomic E-state index is -4.26. The maximum atomic E-state index is 10.9. The molecule has 68 valence electrons. The van der Waals surface area contributed by atoms with E-state index in [1.807, 2.05) is 0 Å². The van der Waals surface area contributed by atoms with Crippen molar-refractivity contribution in [3.63, 3.8) is 0 Å². The SMILES string of the molecule is COP(=O)([O-])C1CC(=O)OC1=O.[Li+]. The number of hydrogen-bond donors (Lipinski definition) is 0. The third-order valence-corrected chi connectivity index (χ3v) is 3.15. The van der Waals surface area contributed by atoms with Crippen LogP contribution in [0.15, 0.2) is 0 Å². The molecule has 0 aliphatic carbocycles. The molecule has 0 aromatic heterocycles. The van der Waals surface area contributed by atoms with E-state index in [-0.39, 0.29) is 18.9 Å². The van der Waals surface area contributed by atoms with E-state index in [2.05, 4.69) is 9.26 Å². The molecule has 0 amide bonds. The Labute approximate surface area is 86.3 Å². The summed E-state index contributed by atoms with van der Waals surface area (Å²) in [6.07, 6.45) is -0.451. The molecule has 1 aliphatic heterocycles. The first-order chi connectivity index (χ1) is 5.47. The molecule has 1 rings (SSSR count). The predicted octanol–water partition coefficient (Wildman–Crippen LogP) is -3.97. The van der Waals surface area contributed by atoms with Gasteiger partial charge in [-0.1, -0.05) is 0 Å². The average Bonchev–Trinajstić information content (AvgIpc) is 2.31. The van der Waals surface area contributed by atoms with Crippen molar-refractivity contribution in [2.45, 2.75) is 12.1 Å². The van der Waals surface area contributed by atoms with Crippen molar-refractivity contribution in [3.05, 3.63) is 0 Å². The first-order valence-corrected chi connectivity index (χ1v) is 4.69. The normalized spacial score (nSPS) is 26.2. The zero-order valence-electron chi connectivity index (χ0n) is 7.18. The van der Waals surface area contributed by atoms with E-state index in [0.29, 0.717) is 0 Å². The van der Waals surface area contributed by atoms with Crippen LogP contribution in [0.3, 0.4) is 0 Å². The number of cyclic esters (lactones) is 2. The van der Waals surface area contributed by atoms with Gasteiger partial charge in [-0.25, -0.2) is 0 Å². The molecule has 2 unspecified atom stereocenters. The van der Waals surface area contributed by atoms with E-state index in [0.717, 1.165) is 7.11 Å². The van der Waals surface area contributed by atoms with Gasteiger partial charge in [-0.3, -0.25) is 9.59 Å². The topological polar surface area (TPSA) is 92.7 Å². The van der Waals surface area contributed by atoms with Crippen molar-refractivity contribution in [1.29, 1.82) is 0 Å². The Bertz CT molecular complexity index is 276. The van der Waals surface area contributed by atoms with E-state index in [4.69, 9.17) is 0 Å². The third kappa shape index (κ3) is 2.66. The molecular formula is C5H6LiO6P. The van der Waals surface area contributed by atoms with Crippen LogP contribution in [0.5, 0.6) is 0 Å². The van der Waals surface area contributed by atoms with E-state index < -0.39 is 31.6 Å². The van der Waals surface area contributed by atoms with Crippen LogP contribution in [-0.4, -0.2) is 24.7 Å². The Morgan fingerprint density at radius 3 is 2.46 bits per heavy atom. The van der Waals surface area contributed by atoms with Crippen molar-refractivity contribution in [2.75, 3.05) is 7.11 Å². The molecule has 0 saturated carbocycles. The van der Waals surface area contributed by atoms with E-state index in [1.54, 1.807) is 0 Å². The summed E-state index contributed by atoms with van der Waals surface area (Å²) in [6, 6.07) is 0. The van der Waals surface area contributed by atoms with Crippen LogP contribution in [0.4, 0.5) is 0 Å². The van der Waals surface area contributed by atoms with Crippen LogP contribution in [0.25, 0.3) is 0 Å². The van der Waals surface area contributed by atoms with Gasteiger partial charge in [-0.05, 0) is 0 Å². The second-order valence-corrected chi connectivity index (χ2v) is 4.30. The maximum Gasteiger partial charge on any atom is 1.00 e. The maximum absolute atomic E-state index is 10.9. The second kappa shape index (κ2) is 4.40. The summed E-state index contributed by atoms with van der Waals surface area (Å²) in [4.78, 5) is 32.1. The number of hydrogen-bond acceptors (Lipinski definition) is 6. The van der Waals surface area contributed by atoms with E-state index in [1.165, 1.54) is 0 Å². The van der Waals surface area contributed by atoms with Crippen LogP contribution in [-0.2, 0) is 23.4 Å². The standard InChI is InChI=1S/C5H7O6P.Li/c1-10-12(8,9)3-2-4(6)11-5(3)7;/h3H,2H2,1H3,(H,8,9);/q;+1/p-1. The Hall–Kier alpha value is -0.113. The fourth-order valence-electron chi connectivity index (χ4n) is 0.831. The second-order valence-electron chi connectivity index (χ2n) is 2.24. The van der Waals surface area contributed by atoms with Gasteiger partial charge in [0.15, 0.2) is 0 Å². The minimum absolute atomic E-state index is 0. The van der Waals surface area contributed by atoms with Crippen molar-refractivity contribution in [1.82, 2.24) is 0 Å². The van der Waals surface area contributed by atoms with Crippen LogP contribution in [0.2, 0.25) is 0 Å². The van der Waals surface area contributed by atoms with Crippen molar-refractivity contribution >= 4 is 19.5 Å². The van der Waals surface area contributed by atoms with Gasteiger partial charge in [0.2, 0.25) is 0 Å². The average molecular weight is 200 g/mol. The van der Waals surface area contributed by atoms with Crippen LogP contribution in [0.1, 0.15) is 6.42 Å². The Balaban J connectivity index is 0.00000144. The van der Waals surface area contributed by atoms with Crippen molar-refractivity contribution < 1.29 is 47.2 Å².